The van der Waals surface area contributed by atoms with Gasteiger partial charge in [0, 0.05) is 11.4 Å². The average molecular weight is 304 g/mol. The number of nitro groups is 1. The molecule has 1 aromatic carbocycles. The van der Waals surface area contributed by atoms with Crippen LogP contribution in [0.2, 0.25) is 0 Å². The Labute approximate surface area is 127 Å². The molecule has 0 radical (unpaired) electrons. The highest BCUT2D eigenvalue weighted by atomic mass is 32.2. The Kier molecular flexibility index (Phi) is 4.80. The summed E-state index contributed by atoms with van der Waals surface area (Å²) in [5.74, 6) is 1.46. The van der Waals surface area contributed by atoms with Crippen LogP contribution in [-0.4, -0.2) is 17.0 Å². The van der Waals surface area contributed by atoms with Crippen molar-refractivity contribution in [1.82, 2.24) is 4.98 Å². The molecule has 0 aliphatic heterocycles. The van der Waals surface area contributed by atoms with E-state index in [2.05, 4.69) is 4.98 Å². The highest BCUT2D eigenvalue weighted by Gasteiger charge is 2.19. The first-order chi connectivity index (χ1) is 10.0. The monoisotopic (exact) mass is 304 g/mol. The molecule has 0 atom stereocenters. The number of thioether (sulfide) groups is 1. The van der Waals surface area contributed by atoms with Crippen LogP contribution < -0.4 is 4.74 Å². The lowest BCUT2D eigenvalue weighted by atomic mass is 10.2. The number of hydrogen-bond acceptors (Lipinski definition) is 5. The molecule has 5 nitrogen and oxygen atoms in total. The second-order valence-electron chi connectivity index (χ2n) is 4.59. The van der Waals surface area contributed by atoms with Crippen molar-refractivity contribution in [2.24, 2.45) is 0 Å². The van der Waals surface area contributed by atoms with Gasteiger partial charge < -0.3 is 4.74 Å². The van der Waals surface area contributed by atoms with E-state index in [4.69, 9.17) is 4.74 Å². The fourth-order valence-corrected chi connectivity index (χ4v) is 3.13. The lowest BCUT2D eigenvalue weighted by molar-refractivity contribution is -0.388. The third-order valence-electron chi connectivity index (χ3n) is 3.00. The minimum absolute atomic E-state index is 0.0964. The molecule has 0 bridgehead atoms. The standard InChI is InChI=1S/C15H16N2O3S/c1-10-8-14(15(17(18)19)11(2)16-10)21-9-12-4-6-13(20-3)7-5-12/h4-8H,9H2,1-3H3. The van der Waals surface area contributed by atoms with Crippen molar-refractivity contribution in [1.29, 1.82) is 0 Å². The Hall–Kier alpha value is -2.08. The molecule has 0 amide bonds. The van der Waals surface area contributed by atoms with Crippen molar-refractivity contribution in [3.63, 3.8) is 0 Å². The molecule has 1 aromatic heterocycles. The van der Waals surface area contributed by atoms with Crippen molar-refractivity contribution in [3.8, 4) is 5.75 Å². The van der Waals surface area contributed by atoms with E-state index >= 15 is 0 Å². The summed E-state index contributed by atoms with van der Waals surface area (Å²) in [7, 11) is 1.62. The van der Waals surface area contributed by atoms with Crippen LogP contribution in [0.3, 0.4) is 0 Å². The molecule has 0 saturated carbocycles. The first-order valence-electron chi connectivity index (χ1n) is 6.39. The maximum Gasteiger partial charge on any atom is 0.303 e. The maximum absolute atomic E-state index is 11.2. The number of pyridine rings is 1. The molecule has 0 aliphatic rings. The number of methoxy groups -OCH3 is 1. The van der Waals surface area contributed by atoms with Crippen LogP contribution in [0.5, 0.6) is 5.75 Å². The van der Waals surface area contributed by atoms with E-state index in [0.717, 1.165) is 17.0 Å². The van der Waals surface area contributed by atoms with E-state index in [9.17, 15) is 10.1 Å². The highest BCUT2D eigenvalue weighted by molar-refractivity contribution is 7.98. The smallest absolute Gasteiger partial charge is 0.303 e. The summed E-state index contributed by atoms with van der Waals surface area (Å²) in [4.78, 5) is 15.6. The fraction of sp³-hybridized carbons (Fsp3) is 0.267. The molecule has 0 fully saturated rings. The number of hydrogen-bond donors (Lipinski definition) is 0. The van der Waals surface area contributed by atoms with Crippen molar-refractivity contribution >= 4 is 17.4 Å². The summed E-state index contributed by atoms with van der Waals surface area (Å²) in [6, 6.07) is 9.44. The second kappa shape index (κ2) is 6.58. The van der Waals surface area contributed by atoms with Gasteiger partial charge in [0.05, 0.1) is 16.9 Å². The van der Waals surface area contributed by atoms with Gasteiger partial charge in [-0.1, -0.05) is 12.1 Å². The van der Waals surface area contributed by atoms with Gasteiger partial charge in [-0.15, -0.1) is 11.8 Å². The largest absolute Gasteiger partial charge is 0.497 e. The quantitative estimate of drug-likeness (QED) is 0.476. The number of rotatable bonds is 5. The molecular formula is C15H16N2O3S. The highest BCUT2D eigenvalue weighted by Crippen LogP contribution is 2.34. The molecule has 0 N–H and O–H groups in total. The molecule has 110 valence electrons. The van der Waals surface area contributed by atoms with Crippen LogP contribution in [0.1, 0.15) is 17.0 Å². The SMILES string of the molecule is COc1ccc(CSc2cc(C)nc(C)c2[N+](=O)[O-])cc1. The first kappa shape index (κ1) is 15.3. The van der Waals surface area contributed by atoms with E-state index in [1.807, 2.05) is 31.2 Å². The first-order valence-corrected chi connectivity index (χ1v) is 7.38. The summed E-state index contributed by atoms with van der Waals surface area (Å²) in [5.41, 5.74) is 2.42. The summed E-state index contributed by atoms with van der Waals surface area (Å²) >= 11 is 1.45. The van der Waals surface area contributed by atoms with Gasteiger partial charge in [0.15, 0.2) is 0 Å². The van der Waals surface area contributed by atoms with Gasteiger partial charge in [-0.05, 0) is 37.6 Å². The number of benzene rings is 1. The van der Waals surface area contributed by atoms with Crippen molar-refractivity contribution in [2.75, 3.05) is 7.11 Å². The third-order valence-corrected chi connectivity index (χ3v) is 4.10. The zero-order valence-corrected chi connectivity index (χ0v) is 12.9. The van der Waals surface area contributed by atoms with Gasteiger partial charge in [-0.2, -0.15) is 0 Å². The number of aromatic nitrogens is 1. The zero-order valence-electron chi connectivity index (χ0n) is 12.1. The van der Waals surface area contributed by atoms with Crippen LogP contribution in [0.25, 0.3) is 0 Å². The topological polar surface area (TPSA) is 65.3 Å². The van der Waals surface area contributed by atoms with Gasteiger partial charge in [0.1, 0.15) is 11.4 Å². The van der Waals surface area contributed by atoms with Crippen LogP contribution in [0, 0.1) is 24.0 Å². The van der Waals surface area contributed by atoms with Gasteiger partial charge in [0.25, 0.3) is 0 Å². The van der Waals surface area contributed by atoms with Crippen molar-refractivity contribution < 1.29 is 9.66 Å². The van der Waals surface area contributed by atoms with E-state index in [0.29, 0.717) is 16.3 Å². The number of ether oxygens (including phenoxy) is 1. The fourth-order valence-electron chi connectivity index (χ4n) is 2.00. The van der Waals surface area contributed by atoms with Gasteiger partial charge >= 0.3 is 5.69 Å². The molecule has 0 spiro atoms. The van der Waals surface area contributed by atoms with Crippen LogP contribution >= 0.6 is 11.8 Å². The normalized spacial score (nSPS) is 10.4. The molecule has 0 aliphatic carbocycles. The van der Waals surface area contributed by atoms with Gasteiger partial charge in [-0.3, -0.25) is 15.1 Å². The summed E-state index contributed by atoms with van der Waals surface area (Å²) in [6.07, 6.45) is 0. The van der Waals surface area contributed by atoms with Gasteiger partial charge in [-0.25, -0.2) is 0 Å². The van der Waals surface area contributed by atoms with E-state index in [-0.39, 0.29) is 10.6 Å². The molecule has 21 heavy (non-hydrogen) atoms. The summed E-state index contributed by atoms with van der Waals surface area (Å²) < 4.78 is 5.11. The third kappa shape index (κ3) is 3.72. The molecule has 0 unspecified atom stereocenters. The molecule has 2 rings (SSSR count). The zero-order chi connectivity index (χ0) is 15.4. The molecule has 0 saturated heterocycles. The molecule has 6 heteroatoms. The second-order valence-corrected chi connectivity index (χ2v) is 5.61. The lowest BCUT2D eigenvalue weighted by Crippen LogP contribution is -1.98. The summed E-state index contributed by atoms with van der Waals surface area (Å²) in [6.45, 7) is 3.51. The van der Waals surface area contributed by atoms with Crippen LogP contribution in [-0.2, 0) is 5.75 Å². The Morgan fingerprint density at radius 2 is 1.95 bits per heavy atom. The molecule has 1 heterocycles. The lowest BCUT2D eigenvalue weighted by Gasteiger charge is -2.07. The molecule has 2 aromatic rings. The predicted octanol–water partition coefficient (Wildman–Crippen LogP) is 3.91. The Morgan fingerprint density at radius 3 is 2.52 bits per heavy atom. The van der Waals surface area contributed by atoms with Crippen molar-refractivity contribution in [3.05, 3.63) is 57.4 Å². The van der Waals surface area contributed by atoms with E-state index in [1.54, 1.807) is 20.1 Å². The Bertz CT molecular complexity index is 657. The molecular weight excluding hydrogens is 288 g/mol. The maximum atomic E-state index is 11.2. The predicted molar refractivity (Wildman–Crippen MR) is 82.9 cm³/mol. The van der Waals surface area contributed by atoms with Crippen LogP contribution in [0.4, 0.5) is 5.69 Å². The summed E-state index contributed by atoms with van der Waals surface area (Å²) in [5, 5.41) is 11.2. The number of aryl methyl sites for hydroxylation is 2. The van der Waals surface area contributed by atoms with Crippen molar-refractivity contribution in [2.45, 2.75) is 24.5 Å². The minimum Gasteiger partial charge on any atom is -0.497 e. The van der Waals surface area contributed by atoms with Gasteiger partial charge in [0.2, 0.25) is 0 Å². The average Bonchev–Trinajstić information content (AvgIpc) is 2.44. The van der Waals surface area contributed by atoms with Crippen LogP contribution in [0.15, 0.2) is 35.2 Å². The Morgan fingerprint density at radius 1 is 1.29 bits per heavy atom. The van der Waals surface area contributed by atoms with E-state index in [1.165, 1.54) is 11.8 Å². The van der Waals surface area contributed by atoms with E-state index < -0.39 is 0 Å². The Balaban J connectivity index is 2.20. The minimum atomic E-state index is -0.363. The number of nitrogens with zero attached hydrogens (tertiary/aromatic N) is 2.